The fourth-order valence-corrected chi connectivity index (χ4v) is 3.56. The monoisotopic (exact) mass is 368 g/mol. The molecular weight excluding hydrogens is 345 g/mol. The molecule has 0 saturated carbocycles. The summed E-state index contributed by atoms with van der Waals surface area (Å²) in [4.78, 5) is 12.8. The van der Waals surface area contributed by atoms with Gasteiger partial charge in [0.1, 0.15) is 0 Å². The molecule has 1 fully saturated rings. The second-order valence-corrected chi connectivity index (χ2v) is 7.95. The Labute approximate surface area is 150 Å². The quantitative estimate of drug-likeness (QED) is 0.791. The minimum absolute atomic E-state index is 0.0902. The Morgan fingerprint density at radius 1 is 1.23 bits per heavy atom. The first-order valence-electron chi connectivity index (χ1n) is 8.67. The zero-order valence-corrected chi connectivity index (χ0v) is 15.0. The molecule has 26 heavy (non-hydrogen) atoms. The molecule has 0 aromatic heterocycles. The minimum Gasteiger partial charge on any atom is -0.362 e. The molecule has 2 aliphatic rings. The highest BCUT2D eigenvalue weighted by molar-refractivity contribution is 5.95. The summed E-state index contributed by atoms with van der Waals surface area (Å²) >= 11 is 0. The van der Waals surface area contributed by atoms with Crippen LogP contribution in [0.2, 0.25) is 0 Å². The summed E-state index contributed by atoms with van der Waals surface area (Å²) in [6, 6.07) is 6.44. The van der Waals surface area contributed by atoms with Gasteiger partial charge in [-0.25, -0.2) is 5.01 Å². The van der Waals surface area contributed by atoms with Crippen molar-refractivity contribution >= 4 is 5.91 Å². The van der Waals surface area contributed by atoms with E-state index in [1.165, 1.54) is 12.1 Å². The van der Waals surface area contributed by atoms with E-state index in [0.29, 0.717) is 17.9 Å². The maximum Gasteiger partial charge on any atom is 0.439 e. The molecule has 0 radical (unpaired) electrons. The molecule has 0 spiro atoms. The van der Waals surface area contributed by atoms with Crippen molar-refractivity contribution < 1.29 is 23.1 Å². The van der Waals surface area contributed by atoms with Gasteiger partial charge in [-0.05, 0) is 42.4 Å². The molecule has 1 aliphatic carbocycles. The molecule has 2 N–H and O–H groups in total. The van der Waals surface area contributed by atoms with Crippen molar-refractivity contribution in [2.24, 2.45) is 5.92 Å². The van der Waals surface area contributed by atoms with Gasteiger partial charge in [0.2, 0.25) is 0 Å². The summed E-state index contributed by atoms with van der Waals surface area (Å²) in [7, 11) is 0. The van der Waals surface area contributed by atoms with Gasteiger partial charge in [-0.3, -0.25) is 10.2 Å². The fraction of sp³-hybridized carbons (Fsp3) is 0.526. The lowest BCUT2D eigenvalue weighted by atomic mass is 9.84. The second kappa shape index (κ2) is 6.01. The van der Waals surface area contributed by atoms with Crippen molar-refractivity contribution in [1.82, 2.24) is 10.4 Å². The van der Waals surface area contributed by atoms with Crippen LogP contribution in [-0.4, -0.2) is 27.9 Å². The third kappa shape index (κ3) is 2.88. The lowest BCUT2D eigenvalue weighted by molar-refractivity contribution is -0.314. The Balaban J connectivity index is 1.97. The number of carbonyl (C=O) groups excluding carboxylic acids is 1. The van der Waals surface area contributed by atoms with Crippen LogP contribution in [0.25, 0.3) is 0 Å². The minimum atomic E-state index is -4.97. The van der Waals surface area contributed by atoms with E-state index in [9.17, 15) is 23.1 Å². The fourth-order valence-electron chi connectivity index (χ4n) is 3.56. The van der Waals surface area contributed by atoms with Crippen molar-refractivity contribution in [1.29, 1.82) is 0 Å². The van der Waals surface area contributed by atoms with E-state index in [4.69, 9.17) is 0 Å². The summed E-state index contributed by atoms with van der Waals surface area (Å²) in [6.07, 6.45) is -2.02. The number of amides is 1. The Morgan fingerprint density at radius 2 is 1.85 bits per heavy atom. The van der Waals surface area contributed by atoms with Crippen LogP contribution in [0.3, 0.4) is 0 Å². The number of carbonyl (C=O) groups is 1. The molecular formula is C19H23F3N2O2. The number of aliphatic hydroxyl groups is 1. The molecule has 0 unspecified atom stereocenters. The lowest BCUT2D eigenvalue weighted by Gasteiger charge is -2.37. The van der Waals surface area contributed by atoms with Crippen LogP contribution in [0.4, 0.5) is 13.2 Å². The number of fused-ring (bicyclic) bond motifs is 1. The van der Waals surface area contributed by atoms with Crippen LogP contribution in [0, 0.1) is 5.92 Å². The van der Waals surface area contributed by atoms with Crippen molar-refractivity contribution in [3.05, 3.63) is 47.2 Å². The Morgan fingerprint density at radius 3 is 2.38 bits per heavy atom. The zero-order chi connectivity index (χ0) is 19.3. The van der Waals surface area contributed by atoms with E-state index < -0.39 is 23.7 Å². The Bertz CT molecular complexity index is 735. The number of rotatable bonds is 1. The molecule has 3 rings (SSSR count). The number of hydrazine groups is 1. The molecule has 1 saturated heterocycles. The highest BCUT2D eigenvalue weighted by Crippen LogP contribution is 2.49. The van der Waals surface area contributed by atoms with Crippen molar-refractivity contribution in [2.45, 2.75) is 57.3 Å². The number of hydrogen-bond acceptors (Lipinski definition) is 3. The van der Waals surface area contributed by atoms with Crippen molar-refractivity contribution in [2.75, 3.05) is 0 Å². The highest BCUT2D eigenvalue weighted by atomic mass is 19.4. The average molecular weight is 368 g/mol. The number of alkyl halides is 3. The molecule has 1 aromatic rings. The summed E-state index contributed by atoms with van der Waals surface area (Å²) in [5.41, 5.74) is 0.432. The largest absolute Gasteiger partial charge is 0.439 e. The lowest BCUT2D eigenvalue weighted by Crippen LogP contribution is -2.62. The molecule has 4 nitrogen and oxygen atoms in total. The second-order valence-electron chi connectivity index (χ2n) is 7.95. The third-order valence-electron chi connectivity index (χ3n) is 5.12. The SMILES string of the molecule is CC(C)(C)c1ccc(C(=O)N2NC3=CCCC[C@@H]3[C@@]2(O)C(F)(F)F)cc1. The first-order valence-corrected chi connectivity index (χ1v) is 8.67. The first kappa shape index (κ1) is 18.8. The average Bonchev–Trinajstić information content (AvgIpc) is 2.88. The van der Waals surface area contributed by atoms with E-state index in [-0.39, 0.29) is 23.1 Å². The molecule has 1 heterocycles. The van der Waals surface area contributed by atoms with Gasteiger partial charge in [0.15, 0.2) is 0 Å². The summed E-state index contributed by atoms with van der Waals surface area (Å²) in [5, 5.41) is 10.9. The topological polar surface area (TPSA) is 52.6 Å². The van der Waals surface area contributed by atoms with Crippen LogP contribution < -0.4 is 5.43 Å². The molecule has 0 bridgehead atoms. The molecule has 7 heteroatoms. The number of nitrogens with one attached hydrogen (secondary N) is 1. The maximum absolute atomic E-state index is 13.8. The van der Waals surface area contributed by atoms with Gasteiger partial charge in [-0.1, -0.05) is 39.0 Å². The van der Waals surface area contributed by atoms with Gasteiger partial charge >= 0.3 is 6.18 Å². The van der Waals surface area contributed by atoms with E-state index in [0.717, 1.165) is 5.56 Å². The van der Waals surface area contributed by atoms with Gasteiger partial charge in [-0.2, -0.15) is 13.2 Å². The molecule has 2 atom stereocenters. The van der Waals surface area contributed by atoms with E-state index >= 15 is 0 Å². The maximum atomic E-state index is 13.8. The number of hydrogen-bond donors (Lipinski definition) is 2. The van der Waals surface area contributed by atoms with Crippen LogP contribution in [0.5, 0.6) is 0 Å². The number of allylic oxidation sites excluding steroid dienone is 1. The summed E-state index contributed by atoms with van der Waals surface area (Å²) < 4.78 is 41.3. The van der Waals surface area contributed by atoms with Crippen LogP contribution >= 0.6 is 0 Å². The number of benzene rings is 1. The van der Waals surface area contributed by atoms with Gasteiger partial charge in [-0.15, -0.1) is 0 Å². The van der Waals surface area contributed by atoms with E-state index in [1.807, 2.05) is 20.8 Å². The Kier molecular flexibility index (Phi) is 4.34. The van der Waals surface area contributed by atoms with Crippen molar-refractivity contribution in [3.8, 4) is 0 Å². The molecule has 142 valence electrons. The third-order valence-corrected chi connectivity index (χ3v) is 5.12. The zero-order valence-electron chi connectivity index (χ0n) is 15.0. The van der Waals surface area contributed by atoms with Gasteiger partial charge in [0.25, 0.3) is 11.6 Å². The molecule has 1 amide bonds. The van der Waals surface area contributed by atoms with Gasteiger partial charge in [0, 0.05) is 11.3 Å². The molecule has 1 aromatic carbocycles. The van der Waals surface area contributed by atoms with Gasteiger partial charge < -0.3 is 5.11 Å². The predicted molar refractivity (Wildman–Crippen MR) is 90.9 cm³/mol. The van der Waals surface area contributed by atoms with Crippen LogP contribution in [-0.2, 0) is 5.41 Å². The smallest absolute Gasteiger partial charge is 0.362 e. The van der Waals surface area contributed by atoms with Crippen LogP contribution in [0.15, 0.2) is 36.0 Å². The number of halogens is 3. The standard InChI is InChI=1S/C19H23F3N2O2/c1-17(2,3)13-10-8-12(9-11-13)16(25)24-18(26,19(20,21)22)14-6-4-5-7-15(14)23-24/h7-11,14,23,26H,4-6H2,1-3H3/t14-,18+/m0/s1. The highest BCUT2D eigenvalue weighted by Gasteiger charge is 2.68. The van der Waals surface area contributed by atoms with Crippen LogP contribution in [0.1, 0.15) is 56.0 Å². The Hall–Kier alpha value is -2.02. The summed E-state index contributed by atoms with van der Waals surface area (Å²) in [5.74, 6) is -2.09. The van der Waals surface area contributed by atoms with Crippen molar-refractivity contribution in [3.63, 3.8) is 0 Å². The van der Waals surface area contributed by atoms with E-state index in [2.05, 4.69) is 5.43 Å². The van der Waals surface area contributed by atoms with Gasteiger partial charge in [0.05, 0.1) is 5.92 Å². The van der Waals surface area contributed by atoms with E-state index in [1.54, 1.807) is 18.2 Å². The summed E-state index contributed by atoms with van der Waals surface area (Å²) in [6.45, 7) is 6.02. The predicted octanol–water partition coefficient (Wildman–Crippen LogP) is 3.88. The number of nitrogens with zero attached hydrogens (tertiary/aromatic N) is 1. The first-order chi connectivity index (χ1) is 12.0. The molecule has 1 aliphatic heterocycles. The normalized spacial score (nSPS) is 26.2.